The number of methoxy groups -OCH3 is 1. The predicted octanol–water partition coefficient (Wildman–Crippen LogP) is 2.71. The Hall–Kier alpha value is -4.29. The second-order valence-electron chi connectivity index (χ2n) is 9.67. The first-order chi connectivity index (χ1) is 19.4. The molecule has 3 aromatic heterocycles. The number of hydrogen-bond donors (Lipinski definition) is 3. The molecule has 1 aromatic carbocycles. The Morgan fingerprint density at radius 1 is 1.25 bits per heavy atom. The van der Waals surface area contributed by atoms with E-state index in [1.165, 1.54) is 36.1 Å². The summed E-state index contributed by atoms with van der Waals surface area (Å²) >= 11 is 0. The van der Waals surface area contributed by atoms with Crippen molar-refractivity contribution in [2.75, 3.05) is 32.2 Å². The summed E-state index contributed by atoms with van der Waals surface area (Å²) in [5.74, 6) is -0.301. The molecular weight excluding hydrogens is 519 g/mol. The van der Waals surface area contributed by atoms with Crippen molar-refractivity contribution in [2.45, 2.75) is 37.9 Å². The van der Waals surface area contributed by atoms with Crippen LogP contribution in [0.5, 0.6) is 5.75 Å². The molecule has 3 N–H and O–H groups in total. The monoisotopic (exact) mass is 550 g/mol. The summed E-state index contributed by atoms with van der Waals surface area (Å²) in [5, 5.41) is 15.9. The fourth-order valence-electron chi connectivity index (χ4n) is 4.73. The number of aliphatic hydroxyl groups excluding tert-OH is 1. The van der Waals surface area contributed by atoms with E-state index < -0.39 is 30.4 Å². The minimum absolute atomic E-state index is 0.241. The molecule has 1 amide bonds. The van der Waals surface area contributed by atoms with Gasteiger partial charge in [-0.05, 0) is 49.6 Å². The Balaban J connectivity index is 1.36. The first-order valence-corrected chi connectivity index (χ1v) is 13.0. The number of aliphatic hydroxyl groups is 1. The molecular formula is C28H31FN6O5. The Bertz CT molecular complexity index is 1560. The number of ether oxygens (including phenoxy) is 2. The third-order valence-corrected chi connectivity index (χ3v) is 7.02. The van der Waals surface area contributed by atoms with Crippen LogP contribution in [-0.2, 0) is 9.53 Å². The van der Waals surface area contributed by atoms with Crippen LogP contribution >= 0.6 is 0 Å². The summed E-state index contributed by atoms with van der Waals surface area (Å²) in [6.07, 6.45) is 8.44. The van der Waals surface area contributed by atoms with Gasteiger partial charge in [-0.25, -0.2) is 14.4 Å². The topological polar surface area (TPSA) is 132 Å². The number of nitrogens with one attached hydrogen (secondary N) is 2. The molecule has 0 bridgehead atoms. The van der Waals surface area contributed by atoms with Crippen molar-refractivity contribution in [3.8, 4) is 17.0 Å². The summed E-state index contributed by atoms with van der Waals surface area (Å²) in [5.41, 5.74) is 1.71. The highest BCUT2D eigenvalue weighted by molar-refractivity contribution is 5.80. The zero-order chi connectivity index (χ0) is 28.2. The van der Waals surface area contributed by atoms with Crippen LogP contribution < -0.4 is 20.9 Å². The van der Waals surface area contributed by atoms with E-state index in [1.807, 2.05) is 0 Å². The molecule has 0 unspecified atom stereocenters. The standard InChI is InChI=1S/C28H31FN6O5/c1-17(26(37)32-24(16-36)18-11-20(29)14-22(12-18)39-2)35-8-7-34-15-19(13-25(34)27(35)38)23-3-6-30-28(33-23)31-21-4-9-40-10-5-21/h3,6-8,11-15,17,21,24,36H,4-5,9-10,16H2,1-2H3,(H,32,37)(H,30,31,33)/t17-,24-/m1/s1. The van der Waals surface area contributed by atoms with E-state index in [0.29, 0.717) is 35.9 Å². The van der Waals surface area contributed by atoms with Gasteiger partial charge in [-0.1, -0.05) is 0 Å². The number of carbonyl (C=O) groups is 1. The van der Waals surface area contributed by atoms with E-state index in [2.05, 4.69) is 20.6 Å². The number of carbonyl (C=O) groups excluding carboxylic acids is 1. The number of hydrogen-bond acceptors (Lipinski definition) is 8. The van der Waals surface area contributed by atoms with E-state index in [9.17, 15) is 19.1 Å². The minimum atomic E-state index is -0.908. The van der Waals surface area contributed by atoms with E-state index in [4.69, 9.17) is 9.47 Å². The Kier molecular flexibility index (Phi) is 8.08. The van der Waals surface area contributed by atoms with Crippen molar-refractivity contribution < 1.29 is 23.8 Å². The number of amides is 1. The molecule has 0 saturated carbocycles. The van der Waals surface area contributed by atoms with E-state index in [0.717, 1.165) is 18.4 Å². The summed E-state index contributed by atoms with van der Waals surface area (Å²) in [6, 6.07) is 5.89. The van der Waals surface area contributed by atoms with Gasteiger partial charge in [0.15, 0.2) is 0 Å². The van der Waals surface area contributed by atoms with Crippen LogP contribution in [0.25, 0.3) is 16.8 Å². The smallest absolute Gasteiger partial charge is 0.275 e. The SMILES string of the molecule is COc1cc(F)cc([C@@H](CO)NC(=O)[C@@H](C)n2ccn3cc(-c4ccnc(NC5CCOCC5)n4)cc3c2=O)c1. The zero-order valence-corrected chi connectivity index (χ0v) is 22.2. The maximum Gasteiger partial charge on any atom is 0.275 e. The Labute approximate surface area is 229 Å². The van der Waals surface area contributed by atoms with Crippen LogP contribution in [0.3, 0.4) is 0 Å². The minimum Gasteiger partial charge on any atom is -0.497 e. The van der Waals surface area contributed by atoms with Gasteiger partial charge in [0.25, 0.3) is 5.56 Å². The van der Waals surface area contributed by atoms with Gasteiger partial charge in [0, 0.05) is 55.7 Å². The number of anilines is 1. The lowest BCUT2D eigenvalue weighted by molar-refractivity contribution is -0.125. The van der Waals surface area contributed by atoms with Crippen molar-refractivity contribution >= 4 is 17.4 Å². The van der Waals surface area contributed by atoms with Gasteiger partial charge in [-0.15, -0.1) is 0 Å². The third-order valence-electron chi connectivity index (χ3n) is 7.02. The fraction of sp³-hybridized carbons (Fsp3) is 0.357. The first kappa shape index (κ1) is 27.3. The van der Waals surface area contributed by atoms with Crippen molar-refractivity contribution in [3.05, 3.63) is 76.9 Å². The van der Waals surface area contributed by atoms with E-state index in [-0.39, 0.29) is 17.4 Å². The summed E-state index contributed by atoms with van der Waals surface area (Å²) in [4.78, 5) is 35.4. The predicted molar refractivity (Wildman–Crippen MR) is 146 cm³/mol. The van der Waals surface area contributed by atoms with Crippen LogP contribution in [0.1, 0.15) is 37.4 Å². The van der Waals surface area contributed by atoms with Crippen LogP contribution in [0.15, 0.2) is 59.9 Å². The lowest BCUT2D eigenvalue weighted by Gasteiger charge is -2.23. The number of rotatable bonds is 9. The van der Waals surface area contributed by atoms with Gasteiger partial charge in [0.1, 0.15) is 23.1 Å². The molecule has 1 fully saturated rings. The van der Waals surface area contributed by atoms with Crippen molar-refractivity contribution in [1.82, 2.24) is 24.3 Å². The van der Waals surface area contributed by atoms with Crippen LogP contribution in [0.2, 0.25) is 0 Å². The number of benzene rings is 1. The first-order valence-electron chi connectivity index (χ1n) is 13.0. The van der Waals surface area contributed by atoms with E-state index in [1.54, 1.807) is 42.0 Å². The lowest BCUT2D eigenvalue weighted by Crippen LogP contribution is -2.39. The van der Waals surface area contributed by atoms with Gasteiger partial charge < -0.3 is 34.2 Å². The fourth-order valence-corrected chi connectivity index (χ4v) is 4.73. The second-order valence-corrected chi connectivity index (χ2v) is 9.67. The van der Waals surface area contributed by atoms with Crippen molar-refractivity contribution in [2.24, 2.45) is 0 Å². The Morgan fingerprint density at radius 3 is 2.80 bits per heavy atom. The normalized spacial score (nSPS) is 15.5. The molecule has 2 atom stereocenters. The summed E-state index contributed by atoms with van der Waals surface area (Å²) in [6.45, 7) is 2.51. The molecule has 11 nitrogen and oxygen atoms in total. The third kappa shape index (κ3) is 5.82. The Morgan fingerprint density at radius 2 is 2.05 bits per heavy atom. The van der Waals surface area contributed by atoms with Crippen LogP contribution in [-0.4, -0.2) is 62.9 Å². The number of halogens is 1. The second kappa shape index (κ2) is 11.8. The highest BCUT2D eigenvalue weighted by Crippen LogP contribution is 2.23. The molecule has 4 aromatic rings. The molecule has 1 saturated heterocycles. The molecule has 210 valence electrons. The highest BCUT2D eigenvalue weighted by atomic mass is 19.1. The quantitative estimate of drug-likeness (QED) is 0.290. The lowest BCUT2D eigenvalue weighted by atomic mass is 10.1. The molecule has 40 heavy (non-hydrogen) atoms. The molecule has 0 radical (unpaired) electrons. The van der Waals surface area contributed by atoms with Gasteiger partial charge in [-0.3, -0.25) is 9.59 Å². The number of aromatic nitrogens is 4. The number of fused-ring (bicyclic) bond motifs is 1. The van der Waals surface area contributed by atoms with Crippen LogP contribution in [0.4, 0.5) is 10.3 Å². The van der Waals surface area contributed by atoms with Crippen molar-refractivity contribution in [1.29, 1.82) is 0 Å². The maximum atomic E-state index is 14.0. The van der Waals surface area contributed by atoms with Gasteiger partial charge in [-0.2, -0.15) is 0 Å². The summed E-state index contributed by atoms with van der Waals surface area (Å²) < 4.78 is 27.5. The molecule has 1 aliphatic rings. The molecule has 5 rings (SSSR count). The molecule has 12 heteroatoms. The number of nitrogens with zero attached hydrogens (tertiary/aromatic N) is 4. The zero-order valence-electron chi connectivity index (χ0n) is 22.2. The van der Waals surface area contributed by atoms with Gasteiger partial charge in [0.2, 0.25) is 11.9 Å². The molecule has 4 heterocycles. The van der Waals surface area contributed by atoms with Crippen molar-refractivity contribution in [3.63, 3.8) is 0 Å². The average Bonchev–Trinajstić information content (AvgIpc) is 3.41. The van der Waals surface area contributed by atoms with Crippen LogP contribution in [0, 0.1) is 5.82 Å². The molecule has 1 aliphatic heterocycles. The highest BCUT2D eigenvalue weighted by Gasteiger charge is 2.23. The molecule has 0 spiro atoms. The maximum absolute atomic E-state index is 14.0. The average molecular weight is 551 g/mol. The molecule has 0 aliphatic carbocycles. The van der Waals surface area contributed by atoms with E-state index >= 15 is 0 Å². The van der Waals surface area contributed by atoms with Gasteiger partial charge in [0.05, 0.1) is 25.5 Å². The summed E-state index contributed by atoms with van der Waals surface area (Å²) in [7, 11) is 1.40. The largest absolute Gasteiger partial charge is 0.497 e. The van der Waals surface area contributed by atoms with Gasteiger partial charge >= 0.3 is 0 Å².